The topological polar surface area (TPSA) is 83.5 Å². The third-order valence-electron chi connectivity index (χ3n) is 2.25. The molecule has 1 rings (SSSR count). The van der Waals surface area contributed by atoms with E-state index in [-0.39, 0.29) is 28.5 Å². The molecule has 1 atom stereocenters. The highest BCUT2D eigenvalue weighted by Crippen LogP contribution is 2.14. The lowest BCUT2D eigenvalue weighted by Gasteiger charge is -2.06. The molecule has 0 saturated carbocycles. The minimum atomic E-state index is -1.48. The number of aromatic carboxylic acids is 1. The zero-order chi connectivity index (χ0) is 13.5. The zero-order valence-electron chi connectivity index (χ0n) is 10.0. The van der Waals surface area contributed by atoms with E-state index in [9.17, 15) is 13.8 Å². The molecule has 5 nitrogen and oxygen atoms in total. The van der Waals surface area contributed by atoms with E-state index >= 15 is 0 Å². The molecule has 1 aromatic rings. The van der Waals surface area contributed by atoms with Gasteiger partial charge in [0.15, 0.2) is 0 Å². The Kier molecular flexibility index (Phi) is 5.51. The predicted molar refractivity (Wildman–Crippen MR) is 68.0 cm³/mol. The summed E-state index contributed by atoms with van der Waals surface area (Å²) < 4.78 is 11.9. The van der Waals surface area contributed by atoms with Crippen LogP contribution in [0, 0.1) is 0 Å². The lowest BCUT2D eigenvalue weighted by Crippen LogP contribution is -2.24. The van der Waals surface area contributed by atoms with Gasteiger partial charge >= 0.3 is 5.97 Å². The Balaban J connectivity index is 2.73. The Morgan fingerprint density at radius 1 is 1.33 bits per heavy atom. The fourth-order valence-corrected chi connectivity index (χ4v) is 2.64. The van der Waals surface area contributed by atoms with Crippen molar-refractivity contribution in [3.05, 3.63) is 29.8 Å². The number of rotatable bonds is 6. The van der Waals surface area contributed by atoms with Crippen LogP contribution in [0.2, 0.25) is 0 Å². The SMILES string of the molecule is CCNC(=O)CCS(=O)c1ccccc1C(=O)O. The van der Waals surface area contributed by atoms with Crippen LogP contribution < -0.4 is 5.32 Å². The molecular weight excluding hydrogens is 254 g/mol. The van der Waals surface area contributed by atoms with E-state index in [4.69, 9.17) is 5.11 Å². The molecule has 6 heteroatoms. The Labute approximate surface area is 108 Å². The van der Waals surface area contributed by atoms with Crippen LogP contribution in [0.3, 0.4) is 0 Å². The Bertz CT molecular complexity index is 473. The van der Waals surface area contributed by atoms with Crippen molar-refractivity contribution in [3.63, 3.8) is 0 Å². The molecule has 0 heterocycles. The standard InChI is InChI=1S/C12H15NO4S/c1-2-13-11(14)7-8-18(17)10-6-4-3-5-9(10)12(15)16/h3-6H,2,7-8H2,1H3,(H,13,14)(H,15,16). The molecule has 1 aromatic carbocycles. The fraction of sp³-hybridized carbons (Fsp3) is 0.333. The smallest absolute Gasteiger partial charge is 0.336 e. The lowest BCUT2D eigenvalue weighted by molar-refractivity contribution is -0.120. The first kappa shape index (κ1) is 14.4. The molecule has 0 radical (unpaired) electrons. The van der Waals surface area contributed by atoms with Gasteiger partial charge in [-0.2, -0.15) is 0 Å². The average Bonchev–Trinajstić information content (AvgIpc) is 2.36. The molecular formula is C12H15NO4S. The van der Waals surface area contributed by atoms with Crippen LogP contribution in [0.1, 0.15) is 23.7 Å². The van der Waals surface area contributed by atoms with Gasteiger partial charge in [0, 0.05) is 18.7 Å². The molecule has 98 valence electrons. The van der Waals surface area contributed by atoms with E-state index in [1.807, 2.05) is 0 Å². The highest BCUT2D eigenvalue weighted by Gasteiger charge is 2.15. The number of benzene rings is 1. The zero-order valence-corrected chi connectivity index (χ0v) is 10.8. The first-order valence-corrected chi connectivity index (χ1v) is 6.85. The van der Waals surface area contributed by atoms with E-state index < -0.39 is 16.8 Å². The molecule has 0 aliphatic carbocycles. The molecule has 1 unspecified atom stereocenters. The second-order valence-corrected chi connectivity index (χ2v) is 5.09. The predicted octanol–water partition coefficient (Wildman–Crippen LogP) is 1.02. The number of carboxylic acid groups (broad SMARTS) is 1. The summed E-state index contributed by atoms with van der Waals surface area (Å²) in [4.78, 5) is 22.4. The maximum Gasteiger partial charge on any atom is 0.336 e. The third kappa shape index (κ3) is 3.96. The number of nitrogens with one attached hydrogen (secondary N) is 1. The monoisotopic (exact) mass is 269 g/mol. The molecule has 0 bridgehead atoms. The number of hydrogen-bond donors (Lipinski definition) is 2. The normalized spacial score (nSPS) is 11.8. The highest BCUT2D eigenvalue weighted by atomic mass is 32.2. The summed E-state index contributed by atoms with van der Waals surface area (Å²) in [6.07, 6.45) is 0.119. The van der Waals surface area contributed by atoms with Crippen LogP contribution in [0.25, 0.3) is 0 Å². The Hall–Kier alpha value is -1.69. The highest BCUT2D eigenvalue weighted by molar-refractivity contribution is 7.85. The first-order valence-electron chi connectivity index (χ1n) is 5.53. The lowest BCUT2D eigenvalue weighted by atomic mass is 10.2. The summed E-state index contributed by atoms with van der Waals surface area (Å²) >= 11 is 0. The number of amides is 1. The van der Waals surface area contributed by atoms with Crippen molar-refractivity contribution in [2.75, 3.05) is 12.3 Å². The molecule has 0 aliphatic heterocycles. The Morgan fingerprint density at radius 3 is 2.61 bits per heavy atom. The molecule has 0 spiro atoms. The van der Waals surface area contributed by atoms with Crippen molar-refractivity contribution in [2.45, 2.75) is 18.2 Å². The second-order valence-electron chi connectivity index (χ2n) is 3.55. The van der Waals surface area contributed by atoms with Gasteiger partial charge in [0.2, 0.25) is 5.91 Å². The summed E-state index contributed by atoms with van der Waals surface area (Å²) in [6, 6.07) is 6.12. The van der Waals surface area contributed by atoms with Crippen molar-refractivity contribution >= 4 is 22.7 Å². The number of carbonyl (C=O) groups is 2. The van der Waals surface area contributed by atoms with Crippen LogP contribution in [-0.2, 0) is 15.6 Å². The van der Waals surface area contributed by atoms with Gasteiger partial charge < -0.3 is 10.4 Å². The first-order chi connectivity index (χ1) is 8.56. The van der Waals surface area contributed by atoms with Crippen molar-refractivity contribution in [1.29, 1.82) is 0 Å². The van der Waals surface area contributed by atoms with Crippen LogP contribution in [0.5, 0.6) is 0 Å². The summed E-state index contributed by atoms with van der Waals surface area (Å²) in [7, 11) is -1.48. The quantitative estimate of drug-likeness (QED) is 0.807. The van der Waals surface area contributed by atoms with Crippen LogP contribution >= 0.6 is 0 Å². The molecule has 18 heavy (non-hydrogen) atoms. The van der Waals surface area contributed by atoms with Crippen LogP contribution in [0.4, 0.5) is 0 Å². The van der Waals surface area contributed by atoms with Crippen LogP contribution in [-0.4, -0.2) is 33.5 Å². The van der Waals surface area contributed by atoms with Gasteiger partial charge in [-0.15, -0.1) is 0 Å². The summed E-state index contributed by atoms with van der Waals surface area (Å²) in [5.74, 6) is -1.17. The summed E-state index contributed by atoms with van der Waals surface area (Å²) in [5, 5.41) is 11.6. The summed E-state index contributed by atoms with van der Waals surface area (Å²) in [5.41, 5.74) is 0.0201. The van der Waals surface area contributed by atoms with Gasteiger partial charge in [-0.1, -0.05) is 12.1 Å². The summed E-state index contributed by atoms with van der Waals surface area (Å²) in [6.45, 7) is 2.33. The molecule has 1 amide bonds. The van der Waals surface area contributed by atoms with E-state index in [0.29, 0.717) is 6.54 Å². The minimum absolute atomic E-state index is 0.0201. The fourth-order valence-electron chi connectivity index (χ4n) is 1.42. The van der Waals surface area contributed by atoms with Crippen molar-refractivity contribution < 1.29 is 18.9 Å². The molecule has 0 fully saturated rings. The third-order valence-corrected chi connectivity index (χ3v) is 3.67. The maximum atomic E-state index is 11.9. The van der Waals surface area contributed by atoms with E-state index in [1.165, 1.54) is 12.1 Å². The van der Waals surface area contributed by atoms with E-state index in [1.54, 1.807) is 19.1 Å². The van der Waals surface area contributed by atoms with Crippen LogP contribution in [0.15, 0.2) is 29.2 Å². The van der Waals surface area contributed by atoms with Gasteiger partial charge in [0.25, 0.3) is 0 Å². The van der Waals surface area contributed by atoms with Gasteiger partial charge in [-0.25, -0.2) is 4.79 Å². The van der Waals surface area contributed by atoms with Crippen molar-refractivity contribution in [3.8, 4) is 0 Å². The van der Waals surface area contributed by atoms with Gasteiger partial charge in [-0.05, 0) is 19.1 Å². The molecule has 0 aromatic heterocycles. The van der Waals surface area contributed by atoms with E-state index in [0.717, 1.165) is 0 Å². The van der Waals surface area contributed by atoms with Crippen molar-refractivity contribution in [2.24, 2.45) is 0 Å². The molecule has 0 saturated heterocycles. The van der Waals surface area contributed by atoms with Gasteiger partial charge in [-0.3, -0.25) is 9.00 Å². The number of carboxylic acids is 1. The van der Waals surface area contributed by atoms with Gasteiger partial charge in [0.05, 0.1) is 21.3 Å². The average molecular weight is 269 g/mol. The minimum Gasteiger partial charge on any atom is -0.478 e. The second kappa shape index (κ2) is 6.90. The Morgan fingerprint density at radius 2 is 2.00 bits per heavy atom. The van der Waals surface area contributed by atoms with E-state index in [2.05, 4.69) is 5.32 Å². The van der Waals surface area contributed by atoms with Gasteiger partial charge in [0.1, 0.15) is 0 Å². The van der Waals surface area contributed by atoms with Crippen molar-refractivity contribution in [1.82, 2.24) is 5.32 Å². The number of hydrogen-bond acceptors (Lipinski definition) is 3. The molecule has 0 aliphatic rings. The molecule has 2 N–H and O–H groups in total. The largest absolute Gasteiger partial charge is 0.478 e. The number of carbonyl (C=O) groups excluding carboxylic acids is 1. The maximum absolute atomic E-state index is 11.9.